The van der Waals surface area contributed by atoms with Crippen molar-refractivity contribution in [2.75, 3.05) is 52.6 Å². The van der Waals surface area contributed by atoms with E-state index in [-0.39, 0.29) is 23.8 Å². The lowest BCUT2D eigenvalue weighted by Gasteiger charge is -2.31. The molecule has 4 aliphatic rings. The predicted molar refractivity (Wildman–Crippen MR) is 231 cm³/mol. The van der Waals surface area contributed by atoms with Gasteiger partial charge >= 0.3 is 0 Å². The highest BCUT2D eigenvalue weighted by molar-refractivity contribution is 6.24. The zero-order valence-electron chi connectivity index (χ0n) is 35.5. The van der Waals surface area contributed by atoms with Gasteiger partial charge in [0.25, 0.3) is 0 Å². The predicted octanol–water partition coefficient (Wildman–Crippen LogP) is 9.31. The highest BCUT2D eigenvalue weighted by Crippen LogP contribution is 2.51. The summed E-state index contributed by atoms with van der Waals surface area (Å²) in [5.41, 5.74) is 5.96. The number of rotatable bonds is 16. The molecule has 0 radical (unpaired) electrons. The maximum atomic E-state index is 13.2. The van der Waals surface area contributed by atoms with Crippen molar-refractivity contribution in [2.45, 2.75) is 85.9 Å². The molecule has 10 heteroatoms. The first-order valence-corrected chi connectivity index (χ1v) is 21.8. The van der Waals surface area contributed by atoms with Crippen LogP contribution in [-0.2, 0) is 0 Å². The number of nitrogens with one attached hydrogen (secondary N) is 2. The van der Waals surface area contributed by atoms with Crippen molar-refractivity contribution in [3.63, 3.8) is 0 Å². The average Bonchev–Trinajstić information content (AvgIpc) is 3.97. The van der Waals surface area contributed by atoms with Gasteiger partial charge < -0.3 is 39.1 Å². The Morgan fingerprint density at radius 1 is 0.525 bits per heavy atom. The van der Waals surface area contributed by atoms with Crippen LogP contribution >= 0.6 is 0 Å². The Morgan fingerprint density at radius 2 is 0.966 bits per heavy atom. The van der Waals surface area contributed by atoms with Gasteiger partial charge in [-0.1, -0.05) is 38.1 Å². The third-order valence-corrected chi connectivity index (χ3v) is 11.8. The molecule has 0 amide bonds. The molecule has 59 heavy (non-hydrogen) atoms. The first kappa shape index (κ1) is 42.1. The van der Waals surface area contributed by atoms with E-state index in [0.717, 1.165) is 85.6 Å². The van der Waals surface area contributed by atoms with Gasteiger partial charge in [-0.05, 0) is 97.2 Å². The van der Waals surface area contributed by atoms with Crippen LogP contribution in [0.3, 0.4) is 0 Å². The number of benzene rings is 4. The third-order valence-electron chi connectivity index (χ3n) is 11.8. The lowest BCUT2D eigenvalue weighted by Crippen LogP contribution is -2.39. The summed E-state index contributed by atoms with van der Waals surface area (Å²) in [5, 5.41) is 6.91. The molecule has 8 rings (SSSR count). The fourth-order valence-corrected chi connectivity index (χ4v) is 9.08. The van der Waals surface area contributed by atoms with Crippen molar-refractivity contribution in [2.24, 2.45) is 11.8 Å². The van der Waals surface area contributed by atoms with Gasteiger partial charge in [0.15, 0.2) is 11.6 Å². The summed E-state index contributed by atoms with van der Waals surface area (Å²) in [6, 6.07) is 18.9. The van der Waals surface area contributed by atoms with E-state index in [2.05, 4.69) is 24.5 Å². The van der Waals surface area contributed by atoms with Crippen LogP contribution in [0.4, 0.5) is 0 Å². The van der Waals surface area contributed by atoms with Crippen molar-refractivity contribution in [1.29, 1.82) is 0 Å². The second kappa shape index (κ2) is 19.3. The molecule has 10 nitrogen and oxygen atoms in total. The number of carbonyl (C=O) groups is 2. The molecule has 4 aromatic rings. The Balaban J connectivity index is 0.000000179. The standard InChI is InChI=1S/C25H31NO4.C24H29NO4/c1-4-20(16-9-8-12-26-15-16)30-21-11-7-10-18-23(21)24-19(25(18)27)13-17(28-5-2)14-22(24)29-6-3;1-4-19(15-10-11-25-14-15)29-20-9-7-8-17-22(20)23-18(24(17)26)12-16(27-5-2)13-21(23)28-6-3/h7,10-11,13-14,16,20,26H,4-6,8-9,12,15H2,1-3H3;7-9,12-13,15,19,25H,4-6,10-11,14H2,1-3H3. The molecule has 4 unspecified atom stereocenters. The van der Waals surface area contributed by atoms with Crippen molar-refractivity contribution >= 4 is 11.6 Å². The smallest absolute Gasteiger partial charge is 0.194 e. The van der Waals surface area contributed by atoms with Gasteiger partial charge in [0.05, 0.1) is 26.4 Å². The van der Waals surface area contributed by atoms with E-state index in [1.807, 2.05) is 88.4 Å². The first-order chi connectivity index (χ1) is 28.8. The van der Waals surface area contributed by atoms with Gasteiger partial charge in [0, 0.05) is 81.6 Å². The number of ketones is 2. The van der Waals surface area contributed by atoms with Crippen molar-refractivity contribution in [1.82, 2.24) is 10.6 Å². The Hall–Kier alpha value is -5.06. The minimum Gasteiger partial charge on any atom is -0.494 e. The fourth-order valence-electron chi connectivity index (χ4n) is 9.08. The van der Waals surface area contributed by atoms with Crippen LogP contribution in [0.15, 0.2) is 60.7 Å². The zero-order valence-corrected chi connectivity index (χ0v) is 35.5. The van der Waals surface area contributed by atoms with E-state index >= 15 is 0 Å². The molecule has 0 spiro atoms. The summed E-state index contributed by atoms with van der Waals surface area (Å²) >= 11 is 0. The van der Waals surface area contributed by atoms with Crippen LogP contribution in [0.1, 0.15) is 105 Å². The monoisotopic (exact) mass is 804 g/mol. The van der Waals surface area contributed by atoms with Crippen molar-refractivity contribution < 1.29 is 38.0 Å². The molecule has 0 aromatic heterocycles. The van der Waals surface area contributed by atoms with E-state index in [1.165, 1.54) is 6.42 Å². The zero-order chi connectivity index (χ0) is 41.5. The summed E-state index contributed by atoms with van der Waals surface area (Å²) < 4.78 is 36.3. The molecule has 2 aliphatic carbocycles. The number of hydrogen-bond acceptors (Lipinski definition) is 10. The molecule has 2 aliphatic heterocycles. The Labute approximate surface area is 349 Å². The topological polar surface area (TPSA) is 114 Å². The molecular weight excluding hydrogens is 745 g/mol. The molecule has 2 fully saturated rings. The summed E-state index contributed by atoms with van der Waals surface area (Å²) in [5.74, 6) is 5.15. The van der Waals surface area contributed by atoms with Crippen LogP contribution in [0.25, 0.3) is 22.3 Å². The van der Waals surface area contributed by atoms with E-state index < -0.39 is 0 Å². The van der Waals surface area contributed by atoms with Gasteiger partial charge in [-0.2, -0.15) is 0 Å². The van der Waals surface area contributed by atoms with Crippen molar-refractivity contribution in [3.8, 4) is 56.8 Å². The quantitative estimate of drug-likeness (QED) is 0.0982. The van der Waals surface area contributed by atoms with Gasteiger partial charge in [-0.3, -0.25) is 9.59 Å². The van der Waals surface area contributed by atoms with Gasteiger partial charge in [-0.15, -0.1) is 0 Å². The van der Waals surface area contributed by atoms with Crippen molar-refractivity contribution in [3.05, 3.63) is 82.9 Å². The van der Waals surface area contributed by atoms with Crippen LogP contribution in [0.5, 0.6) is 34.5 Å². The Kier molecular flexibility index (Phi) is 13.8. The first-order valence-electron chi connectivity index (χ1n) is 21.8. The molecule has 4 atom stereocenters. The average molecular weight is 805 g/mol. The maximum absolute atomic E-state index is 13.2. The minimum atomic E-state index is -0.00135. The maximum Gasteiger partial charge on any atom is 0.194 e. The lowest BCUT2D eigenvalue weighted by molar-refractivity contribution is 0.103. The summed E-state index contributed by atoms with van der Waals surface area (Å²) in [7, 11) is 0. The molecule has 0 saturated carbocycles. The summed E-state index contributed by atoms with van der Waals surface area (Å²) in [6.07, 6.45) is 5.54. The number of fused-ring (bicyclic) bond motifs is 6. The van der Waals surface area contributed by atoms with E-state index in [0.29, 0.717) is 83.5 Å². The van der Waals surface area contributed by atoms with Gasteiger partial charge in [0.2, 0.25) is 0 Å². The van der Waals surface area contributed by atoms with E-state index in [4.69, 9.17) is 28.4 Å². The Bertz CT molecular complexity index is 2120. The molecule has 2 heterocycles. The molecule has 314 valence electrons. The summed E-state index contributed by atoms with van der Waals surface area (Å²) in [6.45, 7) is 18.2. The van der Waals surface area contributed by atoms with Crippen LogP contribution in [-0.4, -0.2) is 76.4 Å². The lowest BCUT2D eigenvalue weighted by atomic mass is 9.92. The second-order valence-corrected chi connectivity index (χ2v) is 15.4. The van der Waals surface area contributed by atoms with Gasteiger partial charge in [0.1, 0.15) is 46.7 Å². The van der Waals surface area contributed by atoms with E-state index in [9.17, 15) is 9.59 Å². The number of ether oxygens (including phenoxy) is 6. The highest BCUT2D eigenvalue weighted by Gasteiger charge is 2.37. The summed E-state index contributed by atoms with van der Waals surface area (Å²) in [4.78, 5) is 26.4. The van der Waals surface area contributed by atoms with Crippen LogP contribution in [0.2, 0.25) is 0 Å². The van der Waals surface area contributed by atoms with Crippen LogP contribution in [0, 0.1) is 11.8 Å². The number of piperidine rings is 1. The minimum absolute atomic E-state index is 0.000313. The van der Waals surface area contributed by atoms with Gasteiger partial charge in [-0.25, -0.2) is 0 Å². The normalized spacial score (nSPS) is 18.4. The Morgan fingerprint density at radius 3 is 1.37 bits per heavy atom. The number of hydrogen-bond donors (Lipinski definition) is 2. The van der Waals surface area contributed by atoms with E-state index in [1.54, 1.807) is 0 Å². The molecule has 0 bridgehead atoms. The largest absolute Gasteiger partial charge is 0.494 e. The SMILES string of the molecule is CCOc1cc(OCC)c2c(c1)C(=O)c1cccc(OC(CC)C3CCCNC3)c1-2.CCOc1cc(OCC)c2c(c1)C(=O)c1cccc(OC(CC)C3CCNC3)c1-2. The molecule has 2 N–H and O–H groups in total. The highest BCUT2D eigenvalue weighted by atomic mass is 16.5. The third kappa shape index (κ3) is 8.66. The molecule has 4 aromatic carbocycles. The molecular formula is C49H60N2O8. The second-order valence-electron chi connectivity index (χ2n) is 15.4. The number of carbonyl (C=O) groups excluding carboxylic acids is 2. The fraction of sp³-hybridized carbons (Fsp3) is 0.469. The molecule has 2 saturated heterocycles. The van der Waals surface area contributed by atoms with Crippen LogP contribution < -0.4 is 39.1 Å².